The molecule has 4 rings (SSSR count). The summed E-state index contributed by atoms with van der Waals surface area (Å²) in [7, 11) is 3.23. The van der Waals surface area contributed by atoms with Crippen molar-refractivity contribution in [2.24, 2.45) is 0 Å². The fourth-order valence-electron chi connectivity index (χ4n) is 3.05. The summed E-state index contributed by atoms with van der Waals surface area (Å²) in [5.74, 6) is 2.49. The van der Waals surface area contributed by atoms with Crippen LogP contribution < -0.4 is 20.1 Å². The molecule has 0 spiro atoms. The first-order chi connectivity index (χ1) is 14.2. The second kappa shape index (κ2) is 8.02. The molecule has 0 saturated carbocycles. The Balaban J connectivity index is 1.65. The minimum Gasteiger partial charge on any atom is -0.497 e. The van der Waals surface area contributed by atoms with Crippen LogP contribution in [0.3, 0.4) is 0 Å². The molecule has 146 valence electrons. The fraction of sp³-hybridized carbons (Fsp3) is 0.136. The van der Waals surface area contributed by atoms with Gasteiger partial charge in [0.05, 0.1) is 31.1 Å². The molecular weight excluding hydrogens is 366 g/mol. The number of ether oxygens (including phenoxy) is 2. The van der Waals surface area contributed by atoms with Crippen LogP contribution in [0.5, 0.6) is 11.5 Å². The standard InChI is InChI=1S/C22H21N5O2/c1-14-12-20(25-18-8-4-6-15-7-5-11-23-21(15)18)27-22(24-14)26-17-10-9-16(28-2)13-19(17)29-3/h4-13H,1-3H3,(H2,24,25,26,27). The number of para-hydroxylation sites is 1. The highest BCUT2D eigenvalue weighted by molar-refractivity contribution is 5.91. The Bertz CT molecular complexity index is 1160. The van der Waals surface area contributed by atoms with Crippen molar-refractivity contribution in [1.29, 1.82) is 0 Å². The van der Waals surface area contributed by atoms with E-state index < -0.39 is 0 Å². The molecular formula is C22H21N5O2. The number of rotatable bonds is 6. The van der Waals surface area contributed by atoms with Crippen LogP contribution in [-0.2, 0) is 0 Å². The number of nitrogens with one attached hydrogen (secondary N) is 2. The van der Waals surface area contributed by atoms with Crippen molar-refractivity contribution in [2.75, 3.05) is 24.9 Å². The zero-order chi connectivity index (χ0) is 20.2. The molecule has 2 aromatic carbocycles. The summed E-state index contributed by atoms with van der Waals surface area (Å²) in [5, 5.41) is 7.64. The number of anilines is 4. The summed E-state index contributed by atoms with van der Waals surface area (Å²) in [6.45, 7) is 1.92. The van der Waals surface area contributed by atoms with E-state index in [1.165, 1.54) is 0 Å². The monoisotopic (exact) mass is 387 g/mol. The number of hydrogen-bond donors (Lipinski definition) is 2. The first kappa shape index (κ1) is 18.5. The molecule has 4 aromatic rings. The SMILES string of the molecule is COc1ccc(Nc2nc(C)cc(Nc3cccc4cccnc34)n2)c(OC)c1. The van der Waals surface area contributed by atoms with Crippen molar-refractivity contribution in [2.45, 2.75) is 6.92 Å². The Morgan fingerprint density at radius 2 is 1.69 bits per heavy atom. The van der Waals surface area contributed by atoms with Crippen LogP contribution in [0.2, 0.25) is 0 Å². The third-order valence-corrected chi connectivity index (χ3v) is 4.40. The first-order valence-electron chi connectivity index (χ1n) is 9.12. The van der Waals surface area contributed by atoms with Gasteiger partial charge >= 0.3 is 0 Å². The van der Waals surface area contributed by atoms with E-state index in [1.807, 2.05) is 55.5 Å². The number of methoxy groups -OCH3 is 2. The Labute approximate surface area is 168 Å². The van der Waals surface area contributed by atoms with Gasteiger partial charge in [-0.3, -0.25) is 4.98 Å². The van der Waals surface area contributed by atoms with Gasteiger partial charge < -0.3 is 20.1 Å². The van der Waals surface area contributed by atoms with Gasteiger partial charge in [-0.2, -0.15) is 4.98 Å². The summed E-state index contributed by atoms with van der Waals surface area (Å²) < 4.78 is 10.7. The molecule has 0 bridgehead atoms. The number of aromatic nitrogens is 3. The summed E-state index contributed by atoms with van der Waals surface area (Å²) in [6, 6.07) is 17.4. The van der Waals surface area contributed by atoms with Crippen molar-refractivity contribution in [1.82, 2.24) is 15.0 Å². The summed E-state index contributed by atoms with van der Waals surface area (Å²) in [4.78, 5) is 13.6. The number of nitrogens with zero attached hydrogens (tertiary/aromatic N) is 3. The highest BCUT2D eigenvalue weighted by Crippen LogP contribution is 2.31. The van der Waals surface area contributed by atoms with Crippen LogP contribution >= 0.6 is 0 Å². The molecule has 0 aliphatic carbocycles. The van der Waals surface area contributed by atoms with Gasteiger partial charge in [-0.1, -0.05) is 18.2 Å². The van der Waals surface area contributed by atoms with Gasteiger partial charge in [-0.05, 0) is 31.2 Å². The molecule has 0 aliphatic heterocycles. The molecule has 0 fully saturated rings. The van der Waals surface area contributed by atoms with Gasteiger partial charge in [-0.15, -0.1) is 0 Å². The van der Waals surface area contributed by atoms with Crippen molar-refractivity contribution in [3.8, 4) is 11.5 Å². The lowest BCUT2D eigenvalue weighted by Gasteiger charge is -2.13. The van der Waals surface area contributed by atoms with Gasteiger partial charge in [0.25, 0.3) is 0 Å². The van der Waals surface area contributed by atoms with Crippen LogP contribution in [0.4, 0.5) is 23.1 Å². The molecule has 0 radical (unpaired) electrons. The smallest absolute Gasteiger partial charge is 0.229 e. The van der Waals surface area contributed by atoms with Crippen LogP contribution in [0.15, 0.2) is 60.8 Å². The van der Waals surface area contributed by atoms with Gasteiger partial charge in [0, 0.05) is 29.4 Å². The highest BCUT2D eigenvalue weighted by Gasteiger charge is 2.10. The largest absolute Gasteiger partial charge is 0.497 e. The number of benzene rings is 2. The maximum absolute atomic E-state index is 5.44. The zero-order valence-electron chi connectivity index (χ0n) is 16.4. The van der Waals surface area contributed by atoms with E-state index in [-0.39, 0.29) is 0 Å². The zero-order valence-corrected chi connectivity index (χ0v) is 16.4. The van der Waals surface area contributed by atoms with Crippen molar-refractivity contribution in [3.05, 3.63) is 66.5 Å². The molecule has 0 atom stereocenters. The second-order valence-corrected chi connectivity index (χ2v) is 6.42. The molecule has 2 N–H and O–H groups in total. The Morgan fingerprint density at radius 3 is 2.52 bits per heavy atom. The maximum atomic E-state index is 5.44. The predicted molar refractivity (Wildman–Crippen MR) is 115 cm³/mol. The van der Waals surface area contributed by atoms with Crippen molar-refractivity contribution >= 4 is 34.0 Å². The Hall–Kier alpha value is -3.87. The first-order valence-corrected chi connectivity index (χ1v) is 9.12. The molecule has 0 saturated heterocycles. The summed E-state index contributed by atoms with van der Waals surface area (Å²) in [5.41, 5.74) is 3.34. The minimum absolute atomic E-state index is 0.462. The topological polar surface area (TPSA) is 81.2 Å². The molecule has 7 nitrogen and oxygen atoms in total. The third-order valence-electron chi connectivity index (χ3n) is 4.40. The number of hydrogen-bond acceptors (Lipinski definition) is 7. The maximum Gasteiger partial charge on any atom is 0.229 e. The number of aryl methyl sites for hydroxylation is 1. The average molecular weight is 387 g/mol. The summed E-state index contributed by atoms with van der Waals surface area (Å²) >= 11 is 0. The Kier molecular flexibility index (Phi) is 5.11. The van der Waals surface area contributed by atoms with E-state index in [9.17, 15) is 0 Å². The predicted octanol–water partition coefficient (Wildman–Crippen LogP) is 4.84. The van der Waals surface area contributed by atoms with Crippen LogP contribution in [0.1, 0.15) is 5.69 Å². The van der Waals surface area contributed by atoms with Gasteiger partial charge in [0.2, 0.25) is 5.95 Å². The van der Waals surface area contributed by atoms with Gasteiger partial charge in [0.1, 0.15) is 17.3 Å². The third kappa shape index (κ3) is 4.03. The van der Waals surface area contributed by atoms with Crippen LogP contribution in [0.25, 0.3) is 10.9 Å². The quantitative estimate of drug-likeness (QED) is 0.490. The second-order valence-electron chi connectivity index (χ2n) is 6.42. The average Bonchev–Trinajstić information content (AvgIpc) is 2.74. The Morgan fingerprint density at radius 1 is 0.828 bits per heavy atom. The minimum atomic E-state index is 0.462. The van der Waals surface area contributed by atoms with E-state index in [0.29, 0.717) is 23.3 Å². The lowest BCUT2D eigenvalue weighted by atomic mass is 10.2. The molecule has 0 aliphatic rings. The molecule has 0 amide bonds. The van der Waals surface area contributed by atoms with Gasteiger partial charge in [-0.25, -0.2) is 4.98 Å². The van der Waals surface area contributed by atoms with Gasteiger partial charge in [0.15, 0.2) is 0 Å². The number of pyridine rings is 1. The molecule has 2 heterocycles. The van der Waals surface area contributed by atoms with Crippen LogP contribution in [-0.4, -0.2) is 29.2 Å². The normalized spacial score (nSPS) is 10.6. The molecule has 0 unspecified atom stereocenters. The fourth-order valence-corrected chi connectivity index (χ4v) is 3.05. The highest BCUT2D eigenvalue weighted by atomic mass is 16.5. The van der Waals surface area contributed by atoms with E-state index in [1.54, 1.807) is 26.5 Å². The summed E-state index contributed by atoms with van der Waals surface area (Å²) in [6.07, 6.45) is 1.78. The molecule has 2 aromatic heterocycles. The molecule has 29 heavy (non-hydrogen) atoms. The van der Waals surface area contributed by atoms with Crippen molar-refractivity contribution < 1.29 is 9.47 Å². The lowest BCUT2D eigenvalue weighted by molar-refractivity contribution is 0.395. The van der Waals surface area contributed by atoms with E-state index >= 15 is 0 Å². The number of fused-ring (bicyclic) bond motifs is 1. The van der Waals surface area contributed by atoms with Crippen LogP contribution in [0, 0.1) is 6.92 Å². The lowest BCUT2D eigenvalue weighted by Crippen LogP contribution is -2.04. The van der Waals surface area contributed by atoms with Crippen molar-refractivity contribution in [3.63, 3.8) is 0 Å². The van der Waals surface area contributed by atoms with E-state index in [2.05, 4.69) is 25.6 Å². The van der Waals surface area contributed by atoms with E-state index in [0.717, 1.165) is 28.0 Å². The molecule has 7 heteroatoms. The van der Waals surface area contributed by atoms with E-state index in [4.69, 9.17) is 9.47 Å².